The quantitative estimate of drug-likeness (QED) is 0.722. The molecule has 88 valence electrons. The summed E-state index contributed by atoms with van der Waals surface area (Å²) >= 11 is 0. The number of hydrogen-bond donors (Lipinski definition) is 1. The predicted molar refractivity (Wildman–Crippen MR) is 65.0 cm³/mol. The Labute approximate surface area is 94.4 Å². The summed E-state index contributed by atoms with van der Waals surface area (Å²) in [7, 11) is 0. The molecule has 0 aromatic rings. The molecule has 2 atom stereocenters. The molecule has 2 unspecified atom stereocenters. The Bertz CT molecular complexity index is 189. The van der Waals surface area contributed by atoms with Crippen molar-refractivity contribution in [2.75, 3.05) is 26.2 Å². The largest absolute Gasteiger partial charge is 0.314 e. The van der Waals surface area contributed by atoms with E-state index in [1.165, 1.54) is 51.9 Å². The van der Waals surface area contributed by atoms with Crippen molar-refractivity contribution in [1.82, 2.24) is 10.2 Å². The van der Waals surface area contributed by atoms with Crippen LogP contribution in [0.4, 0.5) is 0 Å². The zero-order valence-electron chi connectivity index (χ0n) is 10.3. The van der Waals surface area contributed by atoms with Gasteiger partial charge in [0.25, 0.3) is 0 Å². The Kier molecular flexibility index (Phi) is 4.04. The molecule has 0 aromatic heterocycles. The van der Waals surface area contributed by atoms with Crippen molar-refractivity contribution < 1.29 is 0 Å². The summed E-state index contributed by atoms with van der Waals surface area (Å²) in [5.74, 6) is 1.94. The molecule has 0 spiro atoms. The lowest BCUT2D eigenvalue weighted by Crippen LogP contribution is -2.36. The van der Waals surface area contributed by atoms with E-state index in [0.717, 1.165) is 17.9 Å². The van der Waals surface area contributed by atoms with Gasteiger partial charge in [0.15, 0.2) is 0 Å². The molecule has 1 aliphatic heterocycles. The Hall–Kier alpha value is -0.0800. The van der Waals surface area contributed by atoms with Gasteiger partial charge >= 0.3 is 0 Å². The lowest BCUT2D eigenvalue weighted by atomic mass is 10.0. The van der Waals surface area contributed by atoms with Gasteiger partial charge in [0, 0.05) is 19.1 Å². The van der Waals surface area contributed by atoms with E-state index in [1.54, 1.807) is 0 Å². The highest BCUT2D eigenvalue weighted by Gasteiger charge is 2.28. The van der Waals surface area contributed by atoms with E-state index in [1.807, 2.05) is 0 Å². The van der Waals surface area contributed by atoms with Gasteiger partial charge in [-0.05, 0) is 57.5 Å². The molecule has 1 saturated carbocycles. The third-order valence-electron chi connectivity index (χ3n) is 3.93. The molecule has 1 N–H and O–H groups in total. The SMILES string of the molecule is CCCN(CC1CC1)CC1CCNC1C. The van der Waals surface area contributed by atoms with Gasteiger partial charge in [-0.2, -0.15) is 0 Å². The summed E-state index contributed by atoms with van der Waals surface area (Å²) < 4.78 is 0. The second-order valence-corrected chi connectivity index (χ2v) is 5.49. The van der Waals surface area contributed by atoms with Crippen LogP contribution in [0.2, 0.25) is 0 Å². The van der Waals surface area contributed by atoms with Crippen LogP contribution in [0.3, 0.4) is 0 Å². The van der Waals surface area contributed by atoms with Gasteiger partial charge in [-0.1, -0.05) is 6.92 Å². The molecule has 2 rings (SSSR count). The van der Waals surface area contributed by atoms with Crippen molar-refractivity contribution >= 4 is 0 Å². The molecule has 0 radical (unpaired) electrons. The zero-order chi connectivity index (χ0) is 10.7. The molecular weight excluding hydrogens is 184 g/mol. The van der Waals surface area contributed by atoms with Crippen LogP contribution < -0.4 is 5.32 Å². The van der Waals surface area contributed by atoms with Crippen molar-refractivity contribution in [3.8, 4) is 0 Å². The van der Waals surface area contributed by atoms with Crippen LogP contribution in [0.5, 0.6) is 0 Å². The summed E-state index contributed by atoms with van der Waals surface area (Å²) in [5, 5.41) is 3.56. The van der Waals surface area contributed by atoms with Gasteiger partial charge in [-0.15, -0.1) is 0 Å². The first-order valence-corrected chi connectivity index (χ1v) is 6.75. The van der Waals surface area contributed by atoms with Gasteiger partial charge in [-0.25, -0.2) is 0 Å². The first-order chi connectivity index (χ1) is 7.29. The minimum Gasteiger partial charge on any atom is -0.314 e. The summed E-state index contributed by atoms with van der Waals surface area (Å²) in [6.07, 6.45) is 5.66. The minimum absolute atomic E-state index is 0.739. The molecule has 2 aliphatic rings. The Balaban J connectivity index is 1.76. The summed E-state index contributed by atoms with van der Waals surface area (Å²) in [5.41, 5.74) is 0. The second kappa shape index (κ2) is 5.31. The van der Waals surface area contributed by atoms with E-state index >= 15 is 0 Å². The van der Waals surface area contributed by atoms with Crippen LogP contribution in [0.1, 0.15) is 39.5 Å². The molecule has 2 heteroatoms. The highest BCUT2D eigenvalue weighted by Crippen LogP contribution is 2.30. The van der Waals surface area contributed by atoms with E-state index in [4.69, 9.17) is 0 Å². The van der Waals surface area contributed by atoms with Crippen molar-refractivity contribution in [3.05, 3.63) is 0 Å². The average molecular weight is 210 g/mol. The maximum atomic E-state index is 3.56. The van der Waals surface area contributed by atoms with Gasteiger partial charge in [0.1, 0.15) is 0 Å². The second-order valence-electron chi connectivity index (χ2n) is 5.49. The fourth-order valence-corrected chi connectivity index (χ4v) is 2.73. The normalized spacial score (nSPS) is 31.4. The van der Waals surface area contributed by atoms with E-state index in [-0.39, 0.29) is 0 Å². The first-order valence-electron chi connectivity index (χ1n) is 6.75. The standard InChI is InChI=1S/C13H26N2/c1-3-8-15(9-12-4-5-12)10-13-6-7-14-11(13)2/h11-14H,3-10H2,1-2H3. The zero-order valence-corrected chi connectivity index (χ0v) is 10.3. The molecule has 0 aromatic carbocycles. The number of nitrogens with one attached hydrogen (secondary N) is 1. The molecule has 1 aliphatic carbocycles. The number of rotatable bonds is 6. The van der Waals surface area contributed by atoms with Crippen molar-refractivity contribution in [2.24, 2.45) is 11.8 Å². The summed E-state index contributed by atoms with van der Waals surface area (Å²) in [4.78, 5) is 2.71. The monoisotopic (exact) mass is 210 g/mol. The van der Waals surface area contributed by atoms with Gasteiger partial charge in [0.05, 0.1) is 0 Å². The Morgan fingerprint density at radius 3 is 2.53 bits per heavy atom. The molecule has 2 fully saturated rings. The number of nitrogens with zero attached hydrogens (tertiary/aromatic N) is 1. The topological polar surface area (TPSA) is 15.3 Å². The van der Waals surface area contributed by atoms with Crippen LogP contribution >= 0.6 is 0 Å². The number of hydrogen-bond acceptors (Lipinski definition) is 2. The molecule has 0 bridgehead atoms. The summed E-state index contributed by atoms with van der Waals surface area (Å²) in [6, 6.07) is 0.739. The fraction of sp³-hybridized carbons (Fsp3) is 1.00. The summed E-state index contributed by atoms with van der Waals surface area (Å²) in [6.45, 7) is 9.89. The third kappa shape index (κ3) is 3.46. The fourth-order valence-electron chi connectivity index (χ4n) is 2.73. The molecule has 0 amide bonds. The van der Waals surface area contributed by atoms with Crippen LogP contribution in [-0.4, -0.2) is 37.1 Å². The van der Waals surface area contributed by atoms with Gasteiger partial charge in [0.2, 0.25) is 0 Å². The Morgan fingerprint density at radius 1 is 1.20 bits per heavy atom. The van der Waals surface area contributed by atoms with Crippen LogP contribution in [-0.2, 0) is 0 Å². The average Bonchev–Trinajstić information content (AvgIpc) is 2.92. The third-order valence-corrected chi connectivity index (χ3v) is 3.93. The molecular formula is C13H26N2. The maximum absolute atomic E-state index is 3.56. The van der Waals surface area contributed by atoms with E-state index in [9.17, 15) is 0 Å². The van der Waals surface area contributed by atoms with Crippen LogP contribution in [0, 0.1) is 11.8 Å². The predicted octanol–water partition coefficient (Wildman–Crippen LogP) is 2.11. The smallest absolute Gasteiger partial charge is 0.00796 e. The van der Waals surface area contributed by atoms with Crippen molar-refractivity contribution in [3.63, 3.8) is 0 Å². The van der Waals surface area contributed by atoms with E-state index in [2.05, 4.69) is 24.1 Å². The molecule has 2 nitrogen and oxygen atoms in total. The highest BCUT2D eigenvalue weighted by molar-refractivity contribution is 4.84. The first kappa shape index (κ1) is 11.4. The van der Waals surface area contributed by atoms with Crippen LogP contribution in [0.25, 0.3) is 0 Å². The lowest BCUT2D eigenvalue weighted by molar-refractivity contribution is 0.215. The highest BCUT2D eigenvalue weighted by atomic mass is 15.1. The van der Waals surface area contributed by atoms with Crippen molar-refractivity contribution in [1.29, 1.82) is 0 Å². The molecule has 1 saturated heterocycles. The minimum atomic E-state index is 0.739. The van der Waals surface area contributed by atoms with Crippen molar-refractivity contribution in [2.45, 2.75) is 45.6 Å². The Morgan fingerprint density at radius 2 is 2.00 bits per heavy atom. The van der Waals surface area contributed by atoms with Gasteiger partial charge in [-0.3, -0.25) is 0 Å². The lowest BCUT2D eigenvalue weighted by Gasteiger charge is -2.26. The van der Waals surface area contributed by atoms with E-state index < -0.39 is 0 Å². The maximum Gasteiger partial charge on any atom is 0.00796 e. The van der Waals surface area contributed by atoms with Gasteiger partial charge < -0.3 is 10.2 Å². The van der Waals surface area contributed by atoms with E-state index in [0.29, 0.717) is 0 Å². The molecule has 1 heterocycles. The molecule has 15 heavy (non-hydrogen) atoms. The van der Waals surface area contributed by atoms with Crippen LogP contribution in [0.15, 0.2) is 0 Å².